The molecule has 0 radical (unpaired) electrons. The van der Waals surface area contributed by atoms with Gasteiger partial charge in [0.1, 0.15) is 11.6 Å². The van der Waals surface area contributed by atoms with Gasteiger partial charge < -0.3 is 10.1 Å². The third kappa shape index (κ3) is 2.60. The number of methoxy groups -OCH3 is 1. The maximum atomic E-state index is 13.7. The van der Waals surface area contributed by atoms with Gasteiger partial charge in [0.25, 0.3) is 0 Å². The Balaban J connectivity index is 1.99. The van der Waals surface area contributed by atoms with Crippen LogP contribution in [0.1, 0.15) is 38.2 Å². The monoisotopic (exact) mass is 237 g/mol. The number of hydrogen-bond donors (Lipinski definition) is 1. The largest absolute Gasteiger partial charge is 0.497 e. The Morgan fingerprint density at radius 2 is 2.18 bits per heavy atom. The first-order valence-corrected chi connectivity index (χ1v) is 6.26. The summed E-state index contributed by atoms with van der Waals surface area (Å²) in [7, 11) is 1.55. The molecule has 1 aliphatic rings. The lowest BCUT2D eigenvalue weighted by atomic mass is 9.75. The molecule has 0 saturated heterocycles. The summed E-state index contributed by atoms with van der Waals surface area (Å²) < 4.78 is 18.7. The summed E-state index contributed by atoms with van der Waals surface area (Å²) in [5.41, 5.74) is 0.970. The van der Waals surface area contributed by atoms with Crippen LogP contribution in [0.5, 0.6) is 5.75 Å². The molecule has 0 unspecified atom stereocenters. The van der Waals surface area contributed by atoms with E-state index in [1.54, 1.807) is 19.2 Å². The summed E-state index contributed by atoms with van der Waals surface area (Å²) in [6, 6.07) is 5.04. The Hall–Kier alpha value is -1.09. The summed E-state index contributed by atoms with van der Waals surface area (Å²) >= 11 is 0. The van der Waals surface area contributed by atoms with E-state index in [1.807, 2.05) is 0 Å². The van der Waals surface area contributed by atoms with Gasteiger partial charge in [-0.25, -0.2) is 4.39 Å². The molecule has 0 amide bonds. The van der Waals surface area contributed by atoms with Gasteiger partial charge in [-0.2, -0.15) is 0 Å². The van der Waals surface area contributed by atoms with Crippen LogP contribution in [0.3, 0.4) is 0 Å². The molecule has 0 atom stereocenters. The molecular formula is C14H20FNO. The van der Waals surface area contributed by atoms with Crippen molar-refractivity contribution in [2.24, 2.45) is 0 Å². The standard InChI is InChI=1S/C14H20FNO/c1-3-14(7-4-8-14)16-10-11-5-6-12(17-2)9-13(11)15/h5-6,9,16H,3-4,7-8,10H2,1-2H3. The van der Waals surface area contributed by atoms with Crippen molar-refractivity contribution in [1.29, 1.82) is 0 Å². The molecule has 0 bridgehead atoms. The minimum Gasteiger partial charge on any atom is -0.497 e. The minimum absolute atomic E-state index is 0.192. The number of ether oxygens (including phenoxy) is 1. The minimum atomic E-state index is -0.192. The van der Waals surface area contributed by atoms with Gasteiger partial charge in [0.15, 0.2) is 0 Å². The maximum absolute atomic E-state index is 13.7. The second-order valence-electron chi connectivity index (χ2n) is 4.80. The first-order chi connectivity index (χ1) is 8.19. The van der Waals surface area contributed by atoms with Gasteiger partial charge in [-0.1, -0.05) is 13.0 Å². The van der Waals surface area contributed by atoms with Gasteiger partial charge in [-0.15, -0.1) is 0 Å². The van der Waals surface area contributed by atoms with E-state index >= 15 is 0 Å². The number of nitrogens with one attached hydrogen (secondary N) is 1. The lowest BCUT2D eigenvalue weighted by Crippen LogP contribution is -2.49. The van der Waals surface area contributed by atoms with Crippen LogP contribution in [0.4, 0.5) is 4.39 Å². The van der Waals surface area contributed by atoms with Crippen molar-refractivity contribution < 1.29 is 9.13 Å². The van der Waals surface area contributed by atoms with Gasteiger partial charge >= 0.3 is 0 Å². The zero-order valence-electron chi connectivity index (χ0n) is 10.6. The molecule has 17 heavy (non-hydrogen) atoms. The molecule has 2 rings (SSSR count). The molecule has 1 aromatic rings. The molecule has 94 valence electrons. The van der Waals surface area contributed by atoms with Crippen LogP contribution in [0.2, 0.25) is 0 Å². The first kappa shape index (κ1) is 12.4. The quantitative estimate of drug-likeness (QED) is 0.848. The molecule has 0 spiro atoms. The second kappa shape index (κ2) is 5.05. The Kier molecular flexibility index (Phi) is 3.67. The average Bonchev–Trinajstić information content (AvgIpc) is 2.30. The van der Waals surface area contributed by atoms with E-state index in [2.05, 4.69) is 12.2 Å². The summed E-state index contributed by atoms with van der Waals surface area (Å²) in [4.78, 5) is 0. The van der Waals surface area contributed by atoms with Crippen LogP contribution in [0.25, 0.3) is 0 Å². The Labute approximate surface area is 102 Å². The molecule has 1 N–H and O–H groups in total. The fraction of sp³-hybridized carbons (Fsp3) is 0.571. The number of hydrogen-bond acceptors (Lipinski definition) is 2. The molecule has 3 heteroatoms. The molecule has 1 saturated carbocycles. The van der Waals surface area contributed by atoms with Crippen molar-refractivity contribution in [2.75, 3.05) is 7.11 Å². The second-order valence-corrected chi connectivity index (χ2v) is 4.80. The lowest BCUT2D eigenvalue weighted by molar-refractivity contribution is 0.175. The van der Waals surface area contributed by atoms with Crippen molar-refractivity contribution in [3.05, 3.63) is 29.6 Å². The highest BCUT2D eigenvalue weighted by atomic mass is 19.1. The van der Waals surface area contributed by atoms with Crippen molar-refractivity contribution >= 4 is 0 Å². The molecule has 1 aromatic carbocycles. The molecular weight excluding hydrogens is 217 g/mol. The van der Waals surface area contributed by atoms with E-state index in [-0.39, 0.29) is 11.4 Å². The highest BCUT2D eigenvalue weighted by Gasteiger charge is 2.34. The van der Waals surface area contributed by atoms with Crippen molar-refractivity contribution in [1.82, 2.24) is 5.32 Å². The molecule has 0 aliphatic heterocycles. The highest BCUT2D eigenvalue weighted by molar-refractivity contribution is 5.29. The summed E-state index contributed by atoms with van der Waals surface area (Å²) in [5, 5.41) is 3.50. The SMILES string of the molecule is CCC1(NCc2ccc(OC)cc2F)CCC1. The smallest absolute Gasteiger partial charge is 0.131 e. The van der Waals surface area contributed by atoms with E-state index in [4.69, 9.17) is 4.74 Å². The van der Waals surface area contributed by atoms with E-state index in [9.17, 15) is 4.39 Å². The zero-order valence-corrected chi connectivity index (χ0v) is 10.6. The van der Waals surface area contributed by atoms with E-state index < -0.39 is 0 Å². The van der Waals surface area contributed by atoms with E-state index in [0.29, 0.717) is 17.9 Å². The van der Waals surface area contributed by atoms with Gasteiger partial charge in [0, 0.05) is 23.7 Å². The number of halogens is 1. The molecule has 1 fully saturated rings. The van der Waals surface area contributed by atoms with Crippen LogP contribution in [-0.2, 0) is 6.54 Å². The van der Waals surface area contributed by atoms with Crippen LogP contribution < -0.4 is 10.1 Å². The predicted molar refractivity (Wildman–Crippen MR) is 66.7 cm³/mol. The van der Waals surface area contributed by atoms with Crippen LogP contribution >= 0.6 is 0 Å². The summed E-state index contributed by atoms with van der Waals surface area (Å²) in [6.07, 6.45) is 4.82. The van der Waals surface area contributed by atoms with Crippen molar-refractivity contribution in [2.45, 2.75) is 44.7 Å². The average molecular weight is 237 g/mol. The topological polar surface area (TPSA) is 21.3 Å². The highest BCUT2D eigenvalue weighted by Crippen LogP contribution is 2.35. The van der Waals surface area contributed by atoms with E-state index in [1.165, 1.54) is 25.3 Å². The molecule has 1 aliphatic carbocycles. The maximum Gasteiger partial charge on any atom is 0.131 e. The summed E-state index contributed by atoms with van der Waals surface area (Å²) in [5.74, 6) is 0.377. The summed E-state index contributed by atoms with van der Waals surface area (Å²) in [6.45, 7) is 2.79. The zero-order chi connectivity index (χ0) is 12.3. The van der Waals surface area contributed by atoms with E-state index in [0.717, 1.165) is 6.42 Å². The fourth-order valence-corrected chi connectivity index (χ4v) is 2.34. The third-order valence-corrected chi connectivity index (χ3v) is 3.90. The Morgan fingerprint density at radius 1 is 1.41 bits per heavy atom. The van der Waals surface area contributed by atoms with Gasteiger partial charge in [0.2, 0.25) is 0 Å². The molecule has 2 nitrogen and oxygen atoms in total. The normalized spacial score (nSPS) is 17.6. The number of rotatable bonds is 5. The van der Waals surface area contributed by atoms with Crippen LogP contribution in [-0.4, -0.2) is 12.6 Å². The Bertz CT molecular complexity index is 382. The molecule has 0 heterocycles. The number of benzene rings is 1. The van der Waals surface area contributed by atoms with Crippen LogP contribution in [0, 0.1) is 5.82 Å². The molecule has 0 aromatic heterocycles. The van der Waals surface area contributed by atoms with Crippen molar-refractivity contribution in [3.8, 4) is 5.75 Å². The third-order valence-electron chi connectivity index (χ3n) is 3.90. The van der Waals surface area contributed by atoms with Gasteiger partial charge in [-0.3, -0.25) is 0 Å². The predicted octanol–water partition coefficient (Wildman–Crippen LogP) is 3.26. The Morgan fingerprint density at radius 3 is 2.65 bits per heavy atom. The lowest BCUT2D eigenvalue weighted by Gasteiger charge is -2.42. The van der Waals surface area contributed by atoms with Gasteiger partial charge in [0.05, 0.1) is 7.11 Å². The van der Waals surface area contributed by atoms with Crippen molar-refractivity contribution in [3.63, 3.8) is 0 Å². The van der Waals surface area contributed by atoms with Crippen LogP contribution in [0.15, 0.2) is 18.2 Å². The first-order valence-electron chi connectivity index (χ1n) is 6.26. The van der Waals surface area contributed by atoms with Gasteiger partial charge in [-0.05, 0) is 31.7 Å². The fourth-order valence-electron chi connectivity index (χ4n) is 2.34.